The lowest BCUT2D eigenvalue weighted by atomic mass is 10.0. The first kappa shape index (κ1) is 11.7. The molecule has 1 aromatic rings. The number of nitrogens with zero attached hydrogens (tertiary/aromatic N) is 2. The summed E-state index contributed by atoms with van der Waals surface area (Å²) < 4.78 is 5.67. The third kappa shape index (κ3) is 2.40. The molecule has 3 atom stereocenters. The maximum absolute atomic E-state index is 10.6. The highest BCUT2D eigenvalue weighted by Gasteiger charge is 2.47. The first-order chi connectivity index (χ1) is 8.61. The Labute approximate surface area is 106 Å². The van der Waals surface area contributed by atoms with Crippen LogP contribution in [0.4, 0.5) is 0 Å². The third-order valence-corrected chi connectivity index (χ3v) is 4.12. The van der Waals surface area contributed by atoms with E-state index < -0.39 is 5.97 Å². The molecule has 98 valence electrons. The Bertz CT molecular complexity index is 447. The van der Waals surface area contributed by atoms with Crippen molar-refractivity contribution in [2.75, 3.05) is 0 Å². The Kier molecular flexibility index (Phi) is 2.84. The Morgan fingerprint density at radius 3 is 2.78 bits per heavy atom. The molecule has 0 amide bonds. The van der Waals surface area contributed by atoms with Crippen molar-refractivity contribution in [3.8, 4) is 0 Å². The molecule has 0 aromatic carbocycles. The Morgan fingerprint density at radius 2 is 2.11 bits per heavy atom. The number of rotatable bonds is 5. The van der Waals surface area contributed by atoms with Crippen molar-refractivity contribution in [1.82, 2.24) is 10.2 Å². The molecule has 0 spiro atoms. The standard InChI is InChI=1S/C13H18N2O3/c1-7(3-12(16)17)2-11-14-15-13(18-11)10-5-8-4-9(8)6-10/h7-10H,2-6H2,1H3,(H,16,17). The Morgan fingerprint density at radius 1 is 1.39 bits per heavy atom. The van der Waals surface area contributed by atoms with Crippen molar-refractivity contribution >= 4 is 5.97 Å². The van der Waals surface area contributed by atoms with E-state index in [1.807, 2.05) is 6.92 Å². The zero-order chi connectivity index (χ0) is 12.7. The minimum atomic E-state index is -0.780. The molecule has 0 bridgehead atoms. The van der Waals surface area contributed by atoms with Gasteiger partial charge in [-0.1, -0.05) is 6.92 Å². The average molecular weight is 250 g/mol. The van der Waals surface area contributed by atoms with Crippen LogP contribution in [0.15, 0.2) is 4.42 Å². The van der Waals surface area contributed by atoms with Crippen LogP contribution >= 0.6 is 0 Å². The molecule has 5 nitrogen and oxygen atoms in total. The van der Waals surface area contributed by atoms with Crippen LogP contribution in [-0.2, 0) is 11.2 Å². The lowest BCUT2D eigenvalue weighted by Gasteiger charge is -2.06. The van der Waals surface area contributed by atoms with Gasteiger partial charge in [-0.15, -0.1) is 10.2 Å². The van der Waals surface area contributed by atoms with Crippen LogP contribution in [0.5, 0.6) is 0 Å². The van der Waals surface area contributed by atoms with E-state index in [1.165, 1.54) is 19.3 Å². The molecule has 5 heteroatoms. The van der Waals surface area contributed by atoms with E-state index in [-0.39, 0.29) is 12.3 Å². The van der Waals surface area contributed by atoms with E-state index in [4.69, 9.17) is 9.52 Å². The number of carbonyl (C=O) groups is 1. The number of carboxylic acid groups (broad SMARTS) is 1. The van der Waals surface area contributed by atoms with E-state index in [1.54, 1.807) is 0 Å². The first-order valence-electron chi connectivity index (χ1n) is 6.66. The number of carboxylic acids is 1. The van der Waals surface area contributed by atoms with Crippen molar-refractivity contribution in [1.29, 1.82) is 0 Å². The highest BCUT2D eigenvalue weighted by Crippen LogP contribution is 2.57. The SMILES string of the molecule is CC(CC(=O)O)Cc1nnc(C2CC3CC3C2)o1. The summed E-state index contributed by atoms with van der Waals surface area (Å²) in [4.78, 5) is 10.6. The molecule has 1 aromatic heterocycles. The van der Waals surface area contributed by atoms with Crippen LogP contribution in [0, 0.1) is 17.8 Å². The maximum Gasteiger partial charge on any atom is 0.303 e. The van der Waals surface area contributed by atoms with E-state index in [0.717, 1.165) is 17.7 Å². The van der Waals surface area contributed by atoms with Gasteiger partial charge in [0.25, 0.3) is 0 Å². The van der Waals surface area contributed by atoms with Crippen LogP contribution in [0.2, 0.25) is 0 Å². The van der Waals surface area contributed by atoms with Gasteiger partial charge in [-0.25, -0.2) is 0 Å². The van der Waals surface area contributed by atoms with Gasteiger partial charge in [-0.2, -0.15) is 0 Å². The van der Waals surface area contributed by atoms with Crippen LogP contribution in [0.25, 0.3) is 0 Å². The zero-order valence-corrected chi connectivity index (χ0v) is 10.5. The van der Waals surface area contributed by atoms with E-state index >= 15 is 0 Å². The van der Waals surface area contributed by atoms with Crippen molar-refractivity contribution in [3.05, 3.63) is 11.8 Å². The van der Waals surface area contributed by atoms with Crippen LogP contribution in [0.1, 0.15) is 50.3 Å². The zero-order valence-electron chi connectivity index (χ0n) is 10.5. The number of aromatic nitrogens is 2. The first-order valence-corrected chi connectivity index (χ1v) is 6.66. The van der Waals surface area contributed by atoms with Gasteiger partial charge >= 0.3 is 5.97 Å². The lowest BCUT2D eigenvalue weighted by Crippen LogP contribution is -2.07. The summed E-state index contributed by atoms with van der Waals surface area (Å²) in [6.07, 6.45) is 4.46. The monoisotopic (exact) mass is 250 g/mol. The normalized spacial score (nSPS) is 31.1. The lowest BCUT2D eigenvalue weighted by molar-refractivity contribution is -0.137. The fraction of sp³-hybridized carbons (Fsp3) is 0.769. The molecular formula is C13H18N2O3. The minimum absolute atomic E-state index is 0.0350. The highest BCUT2D eigenvalue weighted by atomic mass is 16.4. The van der Waals surface area contributed by atoms with Gasteiger partial charge in [-0.3, -0.25) is 4.79 Å². The van der Waals surface area contributed by atoms with Crippen molar-refractivity contribution in [3.63, 3.8) is 0 Å². The van der Waals surface area contributed by atoms with Gasteiger partial charge in [0.1, 0.15) is 0 Å². The number of fused-ring (bicyclic) bond motifs is 1. The smallest absolute Gasteiger partial charge is 0.303 e. The number of aliphatic carboxylic acids is 1. The van der Waals surface area contributed by atoms with Gasteiger partial charge in [-0.05, 0) is 37.0 Å². The topological polar surface area (TPSA) is 76.2 Å². The maximum atomic E-state index is 10.6. The van der Waals surface area contributed by atoms with E-state index in [9.17, 15) is 4.79 Å². The summed E-state index contributed by atoms with van der Waals surface area (Å²) in [6, 6.07) is 0. The molecular weight excluding hydrogens is 232 g/mol. The van der Waals surface area contributed by atoms with Gasteiger partial charge in [0, 0.05) is 18.8 Å². The summed E-state index contributed by atoms with van der Waals surface area (Å²) in [5.41, 5.74) is 0. The van der Waals surface area contributed by atoms with Crippen molar-refractivity contribution in [2.45, 2.75) is 44.9 Å². The third-order valence-electron chi connectivity index (χ3n) is 4.12. The summed E-state index contributed by atoms with van der Waals surface area (Å²) in [5, 5.41) is 16.9. The molecule has 3 unspecified atom stereocenters. The second kappa shape index (κ2) is 4.37. The van der Waals surface area contributed by atoms with Gasteiger partial charge in [0.05, 0.1) is 0 Å². The summed E-state index contributed by atoms with van der Waals surface area (Å²) in [6.45, 7) is 1.89. The van der Waals surface area contributed by atoms with Crippen molar-refractivity contribution < 1.29 is 14.3 Å². The van der Waals surface area contributed by atoms with Crippen LogP contribution in [-0.4, -0.2) is 21.3 Å². The second-order valence-electron chi connectivity index (χ2n) is 5.87. The molecule has 3 rings (SSSR count). The van der Waals surface area contributed by atoms with Gasteiger partial charge in [0.15, 0.2) is 0 Å². The number of hydrogen-bond acceptors (Lipinski definition) is 4. The molecule has 18 heavy (non-hydrogen) atoms. The van der Waals surface area contributed by atoms with Crippen molar-refractivity contribution in [2.24, 2.45) is 17.8 Å². The second-order valence-corrected chi connectivity index (χ2v) is 5.87. The fourth-order valence-electron chi connectivity index (χ4n) is 3.10. The molecule has 2 saturated carbocycles. The minimum Gasteiger partial charge on any atom is -0.481 e. The molecule has 2 aliphatic carbocycles. The van der Waals surface area contributed by atoms with E-state index in [0.29, 0.717) is 18.2 Å². The molecule has 2 fully saturated rings. The highest BCUT2D eigenvalue weighted by molar-refractivity contribution is 5.66. The summed E-state index contributed by atoms with van der Waals surface area (Å²) >= 11 is 0. The number of hydrogen-bond donors (Lipinski definition) is 1. The van der Waals surface area contributed by atoms with Crippen LogP contribution in [0.3, 0.4) is 0 Å². The molecule has 1 heterocycles. The Balaban J connectivity index is 1.57. The quantitative estimate of drug-likeness (QED) is 0.867. The van der Waals surface area contributed by atoms with Gasteiger partial charge in [0.2, 0.25) is 11.8 Å². The summed E-state index contributed by atoms with van der Waals surface area (Å²) in [7, 11) is 0. The molecule has 2 aliphatic rings. The molecule has 1 N–H and O–H groups in total. The predicted octanol–water partition coefficient (Wildman–Crippen LogP) is 2.24. The molecule has 0 saturated heterocycles. The average Bonchev–Trinajstić information content (AvgIpc) is 2.75. The summed E-state index contributed by atoms with van der Waals surface area (Å²) in [5.74, 6) is 2.85. The fourth-order valence-corrected chi connectivity index (χ4v) is 3.10. The molecule has 0 aliphatic heterocycles. The molecule has 0 radical (unpaired) electrons. The van der Waals surface area contributed by atoms with Gasteiger partial charge < -0.3 is 9.52 Å². The Hall–Kier alpha value is -1.39. The van der Waals surface area contributed by atoms with Crippen LogP contribution < -0.4 is 0 Å². The van der Waals surface area contributed by atoms with E-state index in [2.05, 4.69) is 10.2 Å². The largest absolute Gasteiger partial charge is 0.481 e. The predicted molar refractivity (Wildman–Crippen MR) is 63.0 cm³/mol.